The smallest absolute Gasteiger partial charge is 0.172 e. The molecule has 1 aliphatic heterocycles. The molecule has 136 valence electrons. The van der Waals surface area contributed by atoms with Crippen LogP contribution in [0.1, 0.15) is 59.3 Å². The number of ketones is 1. The Balaban J connectivity index is 1.52. The first-order valence-electron chi connectivity index (χ1n) is 10.2. The van der Waals surface area contributed by atoms with Gasteiger partial charge in [-0.2, -0.15) is 0 Å². The predicted molar refractivity (Wildman–Crippen MR) is 95.9 cm³/mol. The fraction of sp³-hybridized carbons (Fsp3) is 0.773. The highest BCUT2D eigenvalue weighted by Crippen LogP contribution is 2.60. The average Bonchev–Trinajstić information content (AvgIpc) is 3.14. The first kappa shape index (κ1) is 16.3. The number of fused-ring (bicyclic) bond motifs is 4. The van der Waals surface area contributed by atoms with Gasteiger partial charge < -0.3 is 9.47 Å². The minimum atomic E-state index is -0.332. The summed E-state index contributed by atoms with van der Waals surface area (Å²) in [5.74, 6) is 2.21. The van der Waals surface area contributed by atoms with Crippen LogP contribution in [0, 0.1) is 29.1 Å². The lowest BCUT2D eigenvalue weighted by Crippen LogP contribution is -2.43. The van der Waals surface area contributed by atoms with Gasteiger partial charge in [-0.25, -0.2) is 0 Å². The van der Waals surface area contributed by atoms with Gasteiger partial charge in [0.1, 0.15) is 5.78 Å². The molecule has 5 rings (SSSR count). The van der Waals surface area contributed by atoms with Crippen LogP contribution in [0.15, 0.2) is 22.8 Å². The maximum absolute atomic E-state index is 12.8. The second kappa shape index (κ2) is 5.29. The molecule has 1 heterocycles. The third kappa shape index (κ3) is 2.15. The molecule has 5 aliphatic rings. The first-order chi connectivity index (χ1) is 11.9. The van der Waals surface area contributed by atoms with Gasteiger partial charge in [-0.15, -0.1) is 0 Å². The highest BCUT2D eigenvalue weighted by molar-refractivity contribution is 5.89. The van der Waals surface area contributed by atoms with Crippen LogP contribution < -0.4 is 0 Å². The molecule has 0 N–H and O–H groups in total. The summed E-state index contributed by atoms with van der Waals surface area (Å²) in [7, 11) is 0. The fourth-order valence-electron chi connectivity index (χ4n) is 6.79. The third-order valence-electron chi connectivity index (χ3n) is 8.16. The Hall–Kier alpha value is -0.930. The Morgan fingerprint density at radius 2 is 1.96 bits per heavy atom. The molecule has 0 aromatic carbocycles. The van der Waals surface area contributed by atoms with Gasteiger partial charge in [0.2, 0.25) is 0 Å². The van der Waals surface area contributed by atoms with Gasteiger partial charge in [-0.1, -0.05) is 25.5 Å². The molecule has 0 bridgehead atoms. The van der Waals surface area contributed by atoms with Gasteiger partial charge in [0.25, 0.3) is 0 Å². The molecular weight excluding hydrogens is 312 g/mol. The maximum Gasteiger partial charge on any atom is 0.172 e. The van der Waals surface area contributed by atoms with Gasteiger partial charge in [0.05, 0.1) is 13.2 Å². The molecule has 2 saturated carbocycles. The molecule has 0 aromatic heterocycles. The molecule has 3 heteroatoms. The molecule has 4 aliphatic carbocycles. The highest BCUT2D eigenvalue weighted by atomic mass is 16.7. The van der Waals surface area contributed by atoms with E-state index in [-0.39, 0.29) is 17.1 Å². The summed E-state index contributed by atoms with van der Waals surface area (Å²) in [5.41, 5.74) is 4.51. The summed E-state index contributed by atoms with van der Waals surface area (Å²) in [6, 6.07) is 0. The van der Waals surface area contributed by atoms with Gasteiger partial charge in [0, 0.05) is 24.2 Å². The second-order valence-electron chi connectivity index (χ2n) is 9.40. The maximum atomic E-state index is 12.8. The molecule has 3 nitrogen and oxygen atoms in total. The van der Waals surface area contributed by atoms with E-state index in [2.05, 4.69) is 26.8 Å². The zero-order valence-corrected chi connectivity index (χ0v) is 15.8. The number of rotatable bonds is 0. The van der Waals surface area contributed by atoms with E-state index >= 15 is 0 Å². The average molecular weight is 342 g/mol. The molecule has 0 amide bonds. The van der Waals surface area contributed by atoms with Crippen molar-refractivity contribution in [2.24, 2.45) is 29.1 Å². The number of hydrogen-bond acceptors (Lipinski definition) is 3. The lowest BCUT2D eigenvalue weighted by molar-refractivity contribution is -0.172. The van der Waals surface area contributed by atoms with E-state index < -0.39 is 0 Å². The van der Waals surface area contributed by atoms with E-state index in [0.717, 1.165) is 38.9 Å². The van der Waals surface area contributed by atoms with Crippen LogP contribution in [0.5, 0.6) is 0 Å². The highest BCUT2D eigenvalue weighted by Gasteiger charge is 2.56. The zero-order chi connectivity index (χ0) is 17.4. The van der Waals surface area contributed by atoms with Crippen LogP contribution >= 0.6 is 0 Å². The Kier molecular flexibility index (Phi) is 3.44. The predicted octanol–water partition coefficient (Wildman–Crippen LogP) is 4.43. The van der Waals surface area contributed by atoms with Crippen molar-refractivity contribution < 1.29 is 14.3 Å². The minimum Gasteiger partial charge on any atom is -0.347 e. The summed E-state index contributed by atoms with van der Waals surface area (Å²) in [6.07, 6.45) is 8.80. The standard InChI is InChI=1S/C22H30O3/c1-13-10-19-17-11-15-4-7-22(24-8-9-25-22)12-18(15)14(2)16(17)5-6-21(19,3)20(13)23/h5,13,15,17,19H,4,6-12H2,1-3H3/t13-,15?,17?,19?,21?/m1/s1. The zero-order valence-electron chi connectivity index (χ0n) is 15.8. The number of ether oxygens (including phenoxy) is 2. The van der Waals surface area contributed by atoms with Crippen LogP contribution in [0.25, 0.3) is 0 Å². The molecule has 5 atom stereocenters. The van der Waals surface area contributed by atoms with Gasteiger partial charge in [0.15, 0.2) is 5.79 Å². The number of allylic oxidation sites excluding steroid dienone is 3. The summed E-state index contributed by atoms with van der Waals surface area (Å²) >= 11 is 0. The van der Waals surface area contributed by atoms with Crippen molar-refractivity contribution >= 4 is 5.78 Å². The lowest BCUT2D eigenvalue weighted by Gasteiger charge is -2.48. The molecule has 0 radical (unpaired) electrons. The topological polar surface area (TPSA) is 35.5 Å². The van der Waals surface area contributed by atoms with Gasteiger partial charge in [-0.05, 0) is 61.5 Å². The van der Waals surface area contributed by atoms with Crippen molar-refractivity contribution in [2.45, 2.75) is 65.1 Å². The van der Waals surface area contributed by atoms with E-state index in [4.69, 9.17) is 9.47 Å². The summed E-state index contributed by atoms with van der Waals surface area (Å²) in [4.78, 5) is 12.8. The van der Waals surface area contributed by atoms with Crippen molar-refractivity contribution in [2.75, 3.05) is 13.2 Å². The number of hydrogen-bond donors (Lipinski definition) is 0. The molecule has 4 unspecified atom stereocenters. The number of carbonyl (C=O) groups is 1. The first-order valence-corrected chi connectivity index (χ1v) is 10.2. The van der Waals surface area contributed by atoms with E-state index in [1.807, 2.05) is 0 Å². The van der Waals surface area contributed by atoms with Crippen molar-refractivity contribution in [1.82, 2.24) is 0 Å². The molecule has 1 spiro atoms. The monoisotopic (exact) mass is 342 g/mol. The van der Waals surface area contributed by atoms with Crippen molar-refractivity contribution in [3.8, 4) is 0 Å². The summed E-state index contributed by atoms with van der Waals surface area (Å²) < 4.78 is 12.0. The second-order valence-corrected chi connectivity index (χ2v) is 9.40. The molecular formula is C22H30O3. The summed E-state index contributed by atoms with van der Waals surface area (Å²) in [6.45, 7) is 8.17. The van der Waals surface area contributed by atoms with E-state index in [9.17, 15) is 4.79 Å². The normalized spacial score (nSPS) is 45.2. The Labute approximate surface area is 150 Å². The van der Waals surface area contributed by atoms with Crippen LogP contribution in [-0.4, -0.2) is 24.8 Å². The molecule has 1 saturated heterocycles. The lowest BCUT2D eigenvalue weighted by atomic mass is 9.57. The van der Waals surface area contributed by atoms with Crippen LogP contribution in [0.3, 0.4) is 0 Å². The third-order valence-corrected chi connectivity index (χ3v) is 8.16. The quantitative estimate of drug-likeness (QED) is 0.653. The van der Waals surface area contributed by atoms with Crippen molar-refractivity contribution in [3.63, 3.8) is 0 Å². The van der Waals surface area contributed by atoms with Crippen molar-refractivity contribution in [1.29, 1.82) is 0 Å². The van der Waals surface area contributed by atoms with E-state index in [1.54, 1.807) is 11.1 Å². The van der Waals surface area contributed by atoms with Gasteiger partial charge >= 0.3 is 0 Å². The van der Waals surface area contributed by atoms with Gasteiger partial charge in [-0.3, -0.25) is 4.79 Å². The molecule has 0 aromatic rings. The van der Waals surface area contributed by atoms with Crippen LogP contribution in [0.2, 0.25) is 0 Å². The minimum absolute atomic E-state index is 0.112. The number of carbonyl (C=O) groups excluding carboxylic acids is 1. The van der Waals surface area contributed by atoms with Crippen molar-refractivity contribution in [3.05, 3.63) is 22.8 Å². The van der Waals surface area contributed by atoms with Crippen LogP contribution in [0.4, 0.5) is 0 Å². The summed E-state index contributed by atoms with van der Waals surface area (Å²) in [5, 5.41) is 0. The Morgan fingerprint density at radius 3 is 2.72 bits per heavy atom. The van der Waals surface area contributed by atoms with E-state index in [0.29, 0.717) is 23.5 Å². The molecule has 3 fully saturated rings. The largest absolute Gasteiger partial charge is 0.347 e. The Bertz CT molecular complexity index is 681. The fourth-order valence-corrected chi connectivity index (χ4v) is 6.79. The SMILES string of the molecule is CC1=C2CC3(CCC2CC2C1=CCC1(C)C(=O)[C@H](C)CC21)OCCO3. The van der Waals surface area contributed by atoms with Crippen LogP contribution in [-0.2, 0) is 14.3 Å². The molecule has 25 heavy (non-hydrogen) atoms. The number of Topliss-reactive ketones (excluding diaryl/α,β-unsaturated/α-hetero) is 1. The van der Waals surface area contributed by atoms with E-state index in [1.165, 1.54) is 18.4 Å². The Morgan fingerprint density at radius 1 is 1.20 bits per heavy atom.